The van der Waals surface area contributed by atoms with Gasteiger partial charge in [-0.1, -0.05) is 16.9 Å². The van der Waals surface area contributed by atoms with Crippen LogP contribution in [0.3, 0.4) is 0 Å². The molecule has 4 N–H and O–H groups in total. The van der Waals surface area contributed by atoms with Gasteiger partial charge in [-0.25, -0.2) is 19.3 Å². The molecule has 4 aromatic rings. The highest BCUT2D eigenvalue weighted by molar-refractivity contribution is 8.07. The number of amides is 2. The maximum Gasteiger partial charge on any atom is 0.353 e. The summed E-state index contributed by atoms with van der Waals surface area (Å²) in [5, 5.41) is 17.7. The van der Waals surface area contributed by atoms with Gasteiger partial charge in [0, 0.05) is 39.8 Å². The number of aliphatic carboxylic acids is 1. The second-order valence-electron chi connectivity index (χ2n) is 9.01. The highest BCUT2D eigenvalue weighted by Gasteiger charge is 2.54. The predicted molar refractivity (Wildman–Crippen MR) is 159 cm³/mol. The number of fused-ring (bicyclic) bond motifs is 1. The summed E-state index contributed by atoms with van der Waals surface area (Å²) in [5.74, 6) is -1.68. The smallest absolute Gasteiger partial charge is 0.353 e. The minimum Gasteiger partial charge on any atom is -0.477 e. The van der Waals surface area contributed by atoms with E-state index in [1.54, 1.807) is 10.9 Å². The number of oxime groups is 1. The molecule has 0 unspecified atom stereocenters. The Hall–Kier alpha value is -4.33. The van der Waals surface area contributed by atoms with Crippen LogP contribution in [0.4, 0.5) is 5.13 Å². The number of pyridine rings is 1. The second kappa shape index (κ2) is 11.7. The molecule has 2 atom stereocenters. The molecule has 2 aliphatic rings. The number of rotatable bonds is 9. The van der Waals surface area contributed by atoms with E-state index in [0.29, 0.717) is 20.8 Å². The number of hydrogen-bond donors (Lipinski definition) is 3. The molecule has 0 aromatic carbocycles. The maximum atomic E-state index is 13.1. The molecule has 6 heterocycles. The van der Waals surface area contributed by atoms with Crippen LogP contribution in [0.15, 0.2) is 62.5 Å². The molecular formula is C24H21N10O5S4+. The lowest BCUT2D eigenvalue weighted by atomic mass is 10.0. The Balaban J connectivity index is 1.17. The Morgan fingerprint density at radius 2 is 2.19 bits per heavy atom. The normalized spacial score (nSPS) is 18.3. The van der Waals surface area contributed by atoms with E-state index >= 15 is 0 Å². The van der Waals surface area contributed by atoms with Crippen molar-refractivity contribution in [2.75, 3.05) is 18.6 Å². The van der Waals surface area contributed by atoms with E-state index in [4.69, 9.17) is 10.6 Å². The Kier molecular flexibility index (Phi) is 7.86. The largest absolute Gasteiger partial charge is 0.477 e. The van der Waals surface area contributed by atoms with Gasteiger partial charge in [0.2, 0.25) is 11.5 Å². The van der Waals surface area contributed by atoms with Gasteiger partial charge < -0.3 is 21.0 Å². The molecule has 1 saturated heterocycles. The molecule has 0 spiro atoms. The van der Waals surface area contributed by atoms with E-state index in [0.717, 1.165) is 22.8 Å². The quantitative estimate of drug-likeness (QED) is 0.101. The summed E-state index contributed by atoms with van der Waals surface area (Å²) in [6, 6.07) is 2.93. The number of imidazole rings is 1. The van der Waals surface area contributed by atoms with Gasteiger partial charge in [-0.3, -0.25) is 19.1 Å². The van der Waals surface area contributed by atoms with Crippen LogP contribution in [0.2, 0.25) is 0 Å². The number of nitrogens with one attached hydrogen (secondary N) is 1. The van der Waals surface area contributed by atoms with Crippen molar-refractivity contribution in [1.29, 1.82) is 0 Å². The summed E-state index contributed by atoms with van der Waals surface area (Å²) in [5.41, 5.74) is 6.97. The van der Waals surface area contributed by atoms with Gasteiger partial charge in [0.15, 0.2) is 21.9 Å². The number of nitrogen functional groups attached to an aromatic ring is 1. The summed E-state index contributed by atoms with van der Waals surface area (Å²) in [4.78, 5) is 57.9. The van der Waals surface area contributed by atoms with Crippen molar-refractivity contribution >= 4 is 75.0 Å². The Morgan fingerprint density at radius 3 is 2.91 bits per heavy atom. The molecule has 0 radical (unpaired) electrons. The predicted octanol–water partition coefficient (Wildman–Crippen LogP) is 1.09. The molecular weight excluding hydrogens is 637 g/mol. The molecule has 19 heteroatoms. The van der Waals surface area contributed by atoms with E-state index in [9.17, 15) is 19.5 Å². The SMILES string of the molecule is CO/N=C(\C(=O)N[C@@H]1C(=O)N2C(C(=O)O)=C(Sc3nc(-n4cnc(-c5ccc[n+](C)c5)c4)cs3)CS[C@H]12)c1nsc(N)n1. The molecule has 15 nitrogen and oxygen atoms in total. The van der Waals surface area contributed by atoms with Crippen LogP contribution in [0.5, 0.6) is 0 Å². The zero-order valence-electron chi connectivity index (χ0n) is 22.3. The molecule has 0 bridgehead atoms. The number of carbonyl (C=O) groups excluding carboxylic acids is 2. The fourth-order valence-electron chi connectivity index (χ4n) is 4.34. The molecule has 2 aliphatic heterocycles. The van der Waals surface area contributed by atoms with Gasteiger partial charge in [0.1, 0.15) is 43.4 Å². The number of nitrogens with two attached hydrogens (primary N) is 1. The first-order valence-corrected chi connectivity index (χ1v) is 15.8. The standard InChI is InChI=1S/C24H20N10O5S4/c1-32-5-3-4-11(6-32)12-7-33(10-26-12)14-9-41-24(27-14)42-13-8-40-21-16(20(36)34(21)17(13)22(37)38)28-19(35)15(30-39-2)18-29-23(25)43-31-18/h3-7,9-10,16,21H,8H2,1-2H3,(H3-,25,28,29,31,35,37,38)/p+1/b30-15-/t16-,21-/m1/s1. The average molecular weight is 658 g/mol. The minimum atomic E-state index is -1.25. The molecule has 43 heavy (non-hydrogen) atoms. The molecule has 0 saturated carbocycles. The van der Waals surface area contributed by atoms with E-state index in [1.807, 2.05) is 47.7 Å². The topological polar surface area (TPSA) is 195 Å². The van der Waals surface area contributed by atoms with E-state index in [2.05, 4.69) is 29.8 Å². The van der Waals surface area contributed by atoms with Crippen LogP contribution in [0.25, 0.3) is 17.1 Å². The van der Waals surface area contributed by atoms with Gasteiger partial charge in [-0.2, -0.15) is 9.36 Å². The van der Waals surface area contributed by atoms with E-state index < -0.39 is 29.2 Å². The van der Waals surface area contributed by atoms with E-state index in [1.165, 1.54) is 46.9 Å². The number of thioether (sulfide) groups is 2. The molecule has 0 aliphatic carbocycles. The van der Waals surface area contributed by atoms with Crippen molar-refractivity contribution < 1.29 is 28.9 Å². The Bertz CT molecular complexity index is 1810. The molecule has 220 valence electrons. The Morgan fingerprint density at radius 1 is 1.35 bits per heavy atom. The first kappa shape index (κ1) is 28.8. The van der Waals surface area contributed by atoms with E-state index in [-0.39, 0.29) is 22.4 Å². The summed E-state index contributed by atoms with van der Waals surface area (Å²) < 4.78 is 8.31. The fourth-order valence-corrected chi connectivity index (χ4v) is 8.21. The monoisotopic (exact) mass is 657 g/mol. The van der Waals surface area contributed by atoms with Crippen LogP contribution >= 0.6 is 46.4 Å². The maximum absolute atomic E-state index is 13.1. The number of carbonyl (C=O) groups is 3. The van der Waals surface area contributed by atoms with Crippen molar-refractivity contribution in [2.24, 2.45) is 12.2 Å². The molecule has 6 rings (SSSR count). The highest BCUT2D eigenvalue weighted by atomic mass is 32.2. The Labute approximate surface area is 259 Å². The fraction of sp³-hybridized carbons (Fsp3) is 0.208. The third-order valence-corrected chi connectivity index (χ3v) is 10.3. The number of aromatic nitrogens is 6. The first-order chi connectivity index (χ1) is 20.7. The van der Waals surface area contributed by atoms with Crippen LogP contribution < -0.4 is 15.6 Å². The number of hydrogen-bond acceptors (Lipinski definition) is 14. The summed E-state index contributed by atoms with van der Waals surface area (Å²) in [6.45, 7) is 0. The van der Waals surface area contributed by atoms with Crippen molar-refractivity contribution in [3.05, 3.63) is 58.9 Å². The highest BCUT2D eigenvalue weighted by Crippen LogP contribution is 2.45. The first-order valence-electron chi connectivity index (χ1n) is 12.3. The van der Waals surface area contributed by atoms with Crippen LogP contribution in [0.1, 0.15) is 5.82 Å². The second-order valence-corrected chi connectivity index (χ2v) is 13.1. The zero-order valence-corrected chi connectivity index (χ0v) is 25.5. The van der Waals surface area contributed by atoms with Crippen LogP contribution in [-0.2, 0) is 26.3 Å². The number of anilines is 1. The number of thiazole rings is 1. The third-order valence-electron chi connectivity index (χ3n) is 6.24. The van der Waals surface area contributed by atoms with Gasteiger partial charge in [-0.15, -0.1) is 23.1 Å². The minimum absolute atomic E-state index is 0.0458. The zero-order chi connectivity index (χ0) is 30.2. The lowest BCUT2D eigenvalue weighted by molar-refractivity contribution is -0.671. The summed E-state index contributed by atoms with van der Waals surface area (Å²) in [7, 11) is 3.19. The number of aryl methyl sites for hydroxylation is 1. The van der Waals surface area contributed by atoms with Gasteiger partial charge in [-0.05, 0) is 6.07 Å². The van der Waals surface area contributed by atoms with Crippen LogP contribution in [0, 0.1) is 0 Å². The number of carboxylic acid groups (broad SMARTS) is 1. The van der Waals surface area contributed by atoms with Crippen molar-refractivity contribution in [3.63, 3.8) is 0 Å². The van der Waals surface area contributed by atoms with Gasteiger partial charge >= 0.3 is 5.97 Å². The molecule has 2 amide bonds. The summed E-state index contributed by atoms with van der Waals surface area (Å²) >= 11 is 4.76. The lowest BCUT2D eigenvalue weighted by Gasteiger charge is -2.49. The number of carboxylic acids is 1. The number of nitrogens with zero attached hydrogens (tertiary/aromatic N) is 8. The molecule has 4 aromatic heterocycles. The van der Waals surface area contributed by atoms with Crippen molar-refractivity contribution in [1.82, 2.24) is 34.1 Å². The average Bonchev–Trinajstić information content (AvgIpc) is 3.75. The molecule has 1 fully saturated rings. The summed E-state index contributed by atoms with van der Waals surface area (Å²) in [6.07, 6.45) is 7.45. The van der Waals surface area contributed by atoms with Crippen molar-refractivity contribution in [3.8, 4) is 17.1 Å². The number of β-lactam (4-membered cyclic amide) rings is 1. The van der Waals surface area contributed by atoms with Gasteiger partial charge in [0.05, 0.1) is 11.3 Å². The van der Waals surface area contributed by atoms with Crippen LogP contribution in [-0.4, -0.2) is 81.7 Å². The van der Waals surface area contributed by atoms with Gasteiger partial charge in [0.25, 0.3) is 11.8 Å². The van der Waals surface area contributed by atoms with Crippen molar-refractivity contribution in [2.45, 2.75) is 15.8 Å². The third kappa shape index (κ3) is 5.58. The lowest BCUT2D eigenvalue weighted by Crippen LogP contribution is -2.71.